The van der Waals surface area contributed by atoms with Crippen LogP contribution in [0.5, 0.6) is 0 Å². The van der Waals surface area contributed by atoms with Crippen molar-refractivity contribution in [3.63, 3.8) is 0 Å². The number of hydrogen-bond donors (Lipinski definition) is 1. The molecule has 52 valence electrons. The van der Waals surface area contributed by atoms with Gasteiger partial charge in [-0.2, -0.15) is 0 Å². The quantitative estimate of drug-likeness (QED) is 0.485. The Balaban J connectivity index is 2.06. The minimum atomic E-state index is 0.731. The highest BCUT2D eigenvalue weighted by atomic mass is 15.4. The zero-order valence-electron chi connectivity index (χ0n) is 5.71. The normalized spacial score (nSPS) is 43.7. The first-order valence-corrected chi connectivity index (χ1v) is 3.87. The molecule has 0 amide bonds. The van der Waals surface area contributed by atoms with Gasteiger partial charge in [0, 0.05) is 12.6 Å². The molecular formula is C7H14N2. The van der Waals surface area contributed by atoms with Crippen molar-refractivity contribution in [1.29, 1.82) is 0 Å². The molecular weight excluding hydrogens is 112 g/mol. The molecule has 2 nitrogen and oxygen atoms in total. The van der Waals surface area contributed by atoms with E-state index in [0.717, 1.165) is 18.5 Å². The number of hydrogen-bond acceptors (Lipinski definition) is 2. The fraction of sp³-hybridized carbons (Fsp3) is 1.00. The van der Waals surface area contributed by atoms with Gasteiger partial charge in [-0.3, -0.25) is 5.84 Å². The molecule has 3 aliphatic rings. The summed E-state index contributed by atoms with van der Waals surface area (Å²) in [5.41, 5.74) is 0. The van der Waals surface area contributed by atoms with E-state index in [2.05, 4.69) is 0 Å². The summed E-state index contributed by atoms with van der Waals surface area (Å²) in [6, 6.07) is 0.731. The van der Waals surface area contributed by atoms with Gasteiger partial charge < -0.3 is 0 Å². The van der Waals surface area contributed by atoms with E-state index in [-0.39, 0.29) is 0 Å². The summed E-state index contributed by atoms with van der Waals surface area (Å²) in [5.74, 6) is 6.68. The third-order valence-electron chi connectivity index (χ3n) is 2.75. The standard InChI is InChI=1S/C7H14N2/c8-9-5-6-1-3-7(9)4-2-6/h6-7H,1-5,8H2. The van der Waals surface area contributed by atoms with Crippen LogP contribution in [0, 0.1) is 5.92 Å². The smallest absolute Gasteiger partial charge is 0.0241 e. The Kier molecular flexibility index (Phi) is 1.24. The summed E-state index contributed by atoms with van der Waals surface area (Å²) in [6.45, 7) is 1.16. The monoisotopic (exact) mass is 126 g/mol. The van der Waals surface area contributed by atoms with Crippen molar-refractivity contribution in [1.82, 2.24) is 5.01 Å². The second-order valence-corrected chi connectivity index (χ2v) is 3.37. The summed E-state index contributed by atoms with van der Waals surface area (Å²) >= 11 is 0. The SMILES string of the molecule is NN1CC2CCC1CC2. The third-order valence-corrected chi connectivity index (χ3v) is 2.75. The molecule has 0 aromatic heterocycles. The van der Waals surface area contributed by atoms with Crippen molar-refractivity contribution in [2.24, 2.45) is 11.8 Å². The van der Waals surface area contributed by atoms with Crippen LogP contribution in [0.25, 0.3) is 0 Å². The number of nitrogens with two attached hydrogens (primary N) is 1. The molecule has 0 aromatic rings. The molecule has 0 radical (unpaired) electrons. The van der Waals surface area contributed by atoms with Crippen LogP contribution in [0.3, 0.4) is 0 Å². The highest BCUT2D eigenvalue weighted by Gasteiger charge is 2.31. The number of hydrazine groups is 1. The van der Waals surface area contributed by atoms with Crippen LogP contribution in [0.2, 0.25) is 0 Å². The van der Waals surface area contributed by atoms with Crippen molar-refractivity contribution >= 4 is 0 Å². The molecule has 2 N–H and O–H groups in total. The average Bonchev–Trinajstić information content (AvgIpc) is 1.90. The fourth-order valence-corrected chi connectivity index (χ4v) is 2.11. The number of piperidine rings is 2. The van der Waals surface area contributed by atoms with Gasteiger partial charge in [-0.25, -0.2) is 5.01 Å². The Morgan fingerprint density at radius 2 is 1.78 bits per heavy atom. The summed E-state index contributed by atoms with van der Waals surface area (Å²) in [4.78, 5) is 0. The Morgan fingerprint density at radius 3 is 2.00 bits per heavy atom. The van der Waals surface area contributed by atoms with Crippen LogP contribution in [-0.2, 0) is 0 Å². The lowest BCUT2D eigenvalue weighted by Gasteiger charge is -2.42. The zero-order valence-corrected chi connectivity index (χ0v) is 5.71. The molecule has 2 aliphatic heterocycles. The van der Waals surface area contributed by atoms with Gasteiger partial charge in [-0.05, 0) is 31.6 Å². The van der Waals surface area contributed by atoms with Crippen molar-refractivity contribution in [3.8, 4) is 0 Å². The Bertz CT molecular complexity index is 105. The first kappa shape index (κ1) is 5.69. The molecule has 2 heterocycles. The zero-order chi connectivity index (χ0) is 6.27. The van der Waals surface area contributed by atoms with Gasteiger partial charge in [-0.1, -0.05) is 0 Å². The van der Waals surface area contributed by atoms with E-state index in [9.17, 15) is 0 Å². The van der Waals surface area contributed by atoms with E-state index in [1.165, 1.54) is 25.7 Å². The van der Waals surface area contributed by atoms with Gasteiger partial charge in [0.25, 0.3) is 0 Å². The predicted molar refractivity (Wildman–Crippen MR) is 36.6 cm³/mol. The molecule has 2 bridgehead atoms. The van der Waals surface area contributed by atoms with Gasteiger partial charge in [0.15, 0.2) is 0 Å². The molecule has 0 atom stereocenters. The molecule has 2 heteroatoms. The Labute approximate surface area is 56.0 Å². The Hall–Kier alpha value is -0.0800. The fourth-order valence-electron chi connectivity index (χ4n) is 2.11. The van der Waals surface area contributed by atoms with Gasteiger partial charge >= 0.3 is 0 Å². The van der Waals surface area contributed by atoms with Crippen molar-refractivity contribution in [3.05, 3.63) is 0 Å². The van der Waals surface area contributed by atoms with Crippen molar-refractivity contribution in [2.45, 2.75) is 31.7 Å². The van der Waals surface area contributed by atoms with Crippen molar-refractivity contribution < 1.29 is 0 Å². The molecule has 1 saturated carbocycles. The molecule has 3 fully saturated rings. The summed E-state index contributed by atoms with van der Waals surface area (Å²) in [7, 11) is 0. The van der Waals surface area contributed by atoms with Gasteiger partial charge in [0.2, 0.25) is 0 Å². The highest BCUT2D eigenvalue weighted by molar-refractivity contribution is 4.84. The lowest BCUT2D eigenvalue weighted by atomic mass is 9.81. The van der Waals surface area contributed by atoms with Gasteiger partial charge in [-0.15, -0.1) is 0 Å². The Morgan fingerprint density at radius 1 is 1.11 bits per heavy atom. The van der Waals surface area contributed by atoms with Crippen LogP contribution < -0.4 is 5.84 Å². The van der Waals surface area contributed by atoms with Gasteiger partial charge in [0.1, 0.15) is 0 Å². The van der Waals surface area contributed by atoms with E-state index in [1.807, 2.05) is 5.01 Å². The molecule has 0 spiro atoms. The van der Waals surface area contributed by atoms with E-state index in [4.69, 9.17) is 5.84 Å². The largest absolute Gasteiger partial charge is 0.269 e. The maximum atomic E-state index is 5.75. The molecule has 2 saturated heterocycles. The van der Waals surface area contributed by atoms with Crippen LogP contribution in [0.1, 0.15) is 25.7 Å². The predicted octanol–water partition coefficient (Wildman–Crippen LogP) is 0.734. The molecule has 3 rings (SSSR count). The lowest BCUT2D eigenvalue weighted by molar-refractivity contribution is 0.0491. The van der Waals surface area contributed by atoms with Crippen molar-refractivity contribution in [2.75, 3.05) is 6.54 Å². The van der Waals surface area contributed by atoms with Crippen LogP contribution in [-0.4, -0.2) is 17.6 Å². The second-order valence-electron chi connectivity index (χ2n) is 3.37. The highest BCUT2D eigenvalue weighted by Crippen LogP contribution is 2.32. The number of nitrogens with zero attached hydrogens (tertiary/aromatic N) is 1. The average molecular weight is 126 g/mol. The first-order valence-electron chi connectivity index (χ1n) is 3.87. The lowest BCUT2D eigenvalue weighted by Crippen LogP contribution is -2.51. The molecule has 0 unspecified atom stereocenters. The maximum Gasteiger partial charge on any atom is 0.0241 e. The topological polar surface area (TPSA) is 29.3 Å². The van der Waals surface area contributed by atoms with Gasteiger partial charge in [0.05, 0.1) is 0 Å². The van der Waals surface area contributed by atoms with Crippen LogP contribution >= 0.6 is 0 Å². The van der Waals surface area contributed by atoms with E-state index >= 15 is 0 Å². The van der Waals surface area contributed by atoms with E-state index in [1.54, 1.807) is 0 Å². The van der Waals surface area contributed by atoms with E-state index in [0.29, 0.717) is 0 Å². The molecule has 1 aliphatic carbocycles. The summed E-state index contributed by atoms with van der Waals surface area (Å²) in [6.07, 6.45) is 5.55. The number of rotatable bonds is 0. The van der Waals surface area contributed by atoms with Crippen LogP contribution in [0.4, 0.5) is 0 Å². The first-order chi connectivity index (χ1) is 4.36. The summed E-state index contributed by atoms with van der Waals surface area (Å²) < 4.78 is 0. The number of fused-ring (bicyclic) bond motifs is 3. The van der Waals surface area contributed by atoms with Crippen LogP contribution in [0.15, 0.2) is 0 Å². The second kappa shape index (κ2) is 1.96. The minimum absolute atomic E-state index is 0.731. The maximum absolute atomic E-state index is 5.75. The third kappa shape index (κ3) is 0.864. The van der Waals surface area contributed by atoms with E-state index < -0.39 is 0 Å². The molecule has 0 aromatic carbocycles. The summed E-state index contributed by atoms with van der Waals surface area (Å²) in [5, 5.41) is 2.04. The minimum Gasteiger partial charge on any atom is -0.269 e. The molecule has 9 heavy (non-hydrogen) atoms.